The Labute approximate surface area is 137 Å². The zero-order chi connectivity index (χ0) is 16.4. The van der Waals surface area contributed by atoms with Crippen molar-refractivity contribution in [3.63, 3.8) is 0 Å². The first-order valence-electron chi connectivity index (χ1n) is 7.48. The molecular weight excluding hydrogens is 308 g/mol. The fourth-order valence-corrected chi connectivity index (χ4v) is 2.56. The maximum absolute atomic E-state index is 12.7. The lowest BCUT2D eigenvalue weighted by Gasteiger charge is -2.20. The predicted molar refractivity (Wildman–Crippen MR) is 86.7 cm³/mol. The smallest absolute Gasteiger partial charge is 0.259 e. The number of benzene rings is 2. The van der Waals surface area contributed by atoms with Crippen LogP contribution in [0.15, 0.2) is 54.9 Å². The molecule has 1 aliphatic heterocycles. The summed E-state index contributed by atoms with van der Waals surface area (Å²) in [5.74, 6) is 0.780. The van der Waals surface area contributed by atoms with Gasteiger partial charge >= 0.3 is 0 Å². The number of anilines is 1. The molecule has 24 heavy (non-hydrogen) atoms. The van der Waals surface area contributed by atoms with Gasteiger partial charge in [-0.1, -0.05) is 23.4 Å². The van der Waals surface area contributed by atoms with Crippen LogP contribution in [0, 0.1) is 0 Å². The van der Waals surface area contributed by atoms with Crippen molar-refractivity contribution < 1.29 is 14.3 Å². The molecule has 0 unspecified atom stereocenters. The molecule has 2 aromatic carbocycles. The lowest BCUT2D eigenvalue weighted by atomic mass is 10.1. The van der Waals surface area contributed by atoms with Crippen LogP contribution in [0.5, 0.6) is 11.5 Å². The molecule has 0 bridgehead atoms. The van der Waals surface area contributed by atoms with Crippen LogP contribution < -0.4 is 14.8 Å². The standard InChI is InChI=1S/C17H14N4O3/c22-17(12-4-3-7-15-16(12)24-11-10-23-15)19-13-5-1-2-6-14(13)21-9-8-18-20-21/h1-9H,10-11H2,(H,19,22). The highest BCUT2D eigenvalue weighted by atomic mass is 16.6. The maximum atomic E-state index is 12.7. The highest BCUT2D eigenvalue weighted by molar-refractivity contribution is 6.07. The Hall–Kier alpha value is -3.35. The van der Waals surface area contributed by atoms with Crippen molar-refractivity contribution in [3.05, 3.63) is 60.4 Å². The van der Waals surface area contributed by atoms with Crippen molar-refractivity contribution in [3.8, 4) is 17.2 Å². The number of hydrogen-bond acceptors (Lipinski definition) is 5. The number of ether oxygens (including phenoxy) is 2. The first-order chi connectivity index (χ1) is 11.8. The number of fused-ring (bicyclic) bond motifs is 1. The average molecular weight is 322 g/mol. The van der Waals surface area contributed by atoms with Gasteiger partial charge in [-0.25, -0.2) is 4.68 Å². The lowest BCUT2D eigenvalue weighted by Crippen LogP contribution is -2.20. The Morgan fingerprint density at radius 1 is 1.08 bits per heavy atom. The van der Waals surface area contributed by atoms with Crippen LogP contribution in [0.4, 0.5) is 5.69 Å². The molecule has 4 rings (SSSR count). The zero-order valence-corrected chi connectivity index (χ0v) is 12.7. The molecule has 0 radical (unpaired) electrons. The second-order valence-electron chi connectivity index (χ2n) is 5.15. The van der Waals surface area contributed by atoms with Gasteiger partial charge in [-0.05, 0) is 24.3 Å². The van der Waals surface area contributed by atoms with E-state index in [1.54, 1.807) is 35.3 Å². The molecule has 1 amide bonds. The summed E-state index contributed by atoms with van der Waals surface area (Å²) in [5.41, 5.74) is 1.79. The van der Waals surface area contributed by atoms with Crippen molar-refractivity contribution in [1.82, 2.24) is 15.0 Å². The highest BCUT2D eigenvalue weighted by Crippen LogP contribution is 2.34. The first-order valence-corrected chi connectivity index (χ1v) is 7.48. The summed E-state index contributed by atoms with van der Waals surface area (Å²) in [6.45, 7) is 0.903. The fraction of sp³-hybridized carbons (Fsp3) is 0.118. The van der Waals surface area contributed by atoms with Crippen LogP contribution in [0.1, 0.15) is 10.4 Å². The van der Waals surface area contributed by atoms with Gasteiger partial charge in [-0.15, -0.1) is 5.10 Å². The van der Waals surface area contributed by atoms with Crippen LogP contribution in [0.25, 0.3) is 5.69 Å². The molecule has 0 saturated heterocycles. The number of aromatic nitrogens is 3. The third-order valence-corrected chi connectivity index (χ3v) is 3.63. The van der Waals surface area contributed by atoms with Gasteiger partial charge in [-0.2, -0.15) is 0 Å². The second kappa shape index (κ2) is 6.04. The Bertz CT molecular complexity index is 877. The van der Waals surface area contributed by atoms with E-state index in [9.17, 15) is 4.79 Å². The van der Waals surface area contributed by atoms with Crippen LogP contribution >= 0.6 is 0 Å². The summed E-state index contributed by atoms with van der Waals surface area (Å²) >= 11 is 0. The molecule has 0 atom stereocenters. The molecule has 0 spiro atoms. The normalized spacial score (nSPS) is 12.7. The molecule has 3 aromatic rings. The number of nitrogens with one attached hydrogen (secondary N) is 1. The first kappa shape index (κ1) is 14.3. The van der Waals surface area contributed by atoms with E-state index in [0.29, 0.717) is 36.0 Å². The Balaban J connectivity index is 1.67. The van der Waals surface area contributed by atoms with Crippen LogP contribution in [0.2, 0.25) is 0 Å². The molecule has 7 heteroatoms. The van der Waals surface area contributed by atoms with Gasteiger partial charge in [0.25, 0.3) is 5.91 Å². The van der Waals surface area contributed by atoms with Crippen LogP contribution in [-0.2, 0) is 0 Å². The van der Waals surface area contributed by atoms with Gasteiger partial charge in [0.2, 0.25) is 0 Å². The van der Waals surface area contributed by atoms with E-state index in [-0.39, 0.29) is 5.91 Å². The molecule has 0 fully saturated rings. The summed E-state index contributed by atoms with van der Waals surface area (Å²) in [6, 6.07) is 12.6. The molecular formula is C17H14N4O3. The molecule has 0 saturated carbocycles. The largest absolute Gasteiger partial charge is 0.486 e. The van der Waals surface area contributed by atoms with Gasteiger partial charge in [0.05, 0.1) is 29.3 Å². The van der Waals surface area contributed by atoms with Crippen molar-refractivity contribution in [2.24, 2.45) is 0 Å². The minimum absolute atomic E-state index is 0.273. The van der Waals surface area contributed by atoms with Gasteiger partial charge in [0.1, 0.15) is 13.2 Å². The summed E-state index contributed by atoms with van der Waals surface area (Å²) in [6.07, 6.45) is 3.30. The minimum atomic E-state index is -0.273. The second-order valence-corrected chi connectivity index (χ2v) is 5.15. The van der Waals surface area contributed by atoms with E-state index in [4.69, 9.17) is 9.47 Å². The Morgan fingerprint density at radius 3 is 2.83 bits per heavy atom. The summed E-state index contributed by atoms with van der Waals surface area (Å²) in [4.78, 5) is 12.7. The Kier molecular flexibility index (Phi) is 3.59. The van der Waals surface area contributed by atoms with Gasteiger partial charge in [-0.3, -0.25) is 4.79 Å². The molecule has 1 N–H and O–H groups in total. The van der Waals surface area contributed by atoms with Crippen molar-refractivity contribution in [2.45, 2.75) is 0 Å². The van der Waals surface area contributed by atoms with E-state index in [1.165, 1.54) is 0 Å². The third kappa shape index (κ3) is 2.56. The minimum Gasteiger partial charge on any atom is -0.486 e. The Morgan fingerprint density at radius 2 is 1.96 bits per heavy atom. The van der Waals surface area contributed by atoms with Crippen molar-refractivity contribution in [1.29, 1.82) is 0 Å². The monoisotopic (exact) mass is 322 g/mol. The number of carbonyl (C=O) groups is 1. The fourth-order valence-electron chi connectivity index (χ4n) is 2.56. The summed E-state index contributed by atoms with van der Waals surface area (Å²) in [5, 5.41) is 10.7. The third-order valence-electron chi connectivity index (χ3n) is 3.63. The van der Waals surface area contributed by atoms with Gasteiger partial charge in [0.15, 0.2) is 11.5 Å². The molecule has 0 aliphatic carbocycles. The van der Waals surface area contributed by atoms with E-state index in [0.717, 1.165) is 5.69 Å². The predicted octanol–water partition coefficient (Wildman–Crippen LogP) is 2.29. The van der Waals surface area contributed by atoms with Gasteiger partial charge < -0.3 is 14.8 Å². The topological polar surface area (TPSA) is 78.3 Å². The van der Waals surface area contributed by atoms with Crippen molar-refractivity contribution in [2.75, 3.05) is 18.5 Å². The molecule has 2 heterocycles. The maximum Gasteiger partial charge on any atom is 0.259 e. The number of hydrogen-bond donors (Lipinski definition) is 1. The van der Waals surface area contributed by atoms with Crippen molar-refractivity contribution >= 4 is 11.6 Å². The van der Waals surface area contributed by atoms with E-state index < -0.39 is 0 Å². The number of nitrogens with zero attached hydrogens (tertiary/aromatic N) is 3. The molecule has 1 aromatic heterocycles. The van der Waals surface area contributed by atoms with E-state index >= 15 is 0 Å². The molecule has 120 valence electrons. The lowest BCUT2D eigenvalue weighted by molar-refractivity contribution is 0.101. The summed E-state index contributed by atoms with van der Waals surface area (Å²) in [7, 11) is 0. The number of carbonyl (C=O) groups excluding carboxylic acids is 1. The van der Waals surface area contributed by atoms with E-state index in [2.05, 4.69) is 15.6 Å². The molecule has 1 aliphatic rings. The van der Waals surface area contributed by atoms with Gasteiger partial charge in [0, 0.05) is 0 Å². The zero-order valence-electron chi connectivity index (χ0n) is 12.7. The number of amides is 1. The number of para-hydroxylation sites is 3. The summed E-state index contributed by atoms with van der Waals surface area (Å²) < 4.78 is 12.7. The van der Waals surface area contributed by atoms with E-state index in [1.807, 2.05) is 24.3 Å². The number of rotatable bonds is 3. The SMILES string of the molecule is O=C(Nc1ccccc1-n1ccnn1)c1cccc2c1OCCO2. The van der Waals surface area contributed by atoms with Crippen LogP contribution in [-0.4, -0.2) is 34.1 Å². The molecule has 7 nitrogen and oxygen atoms in total. The average Bonchev–Trinajstić information content (AvgIpc) is 3.16. The van der Waals surface area contributed by atoms with Crippen LogP contribution in [0.3, 0.4) is 0 Å². The quantitative estimate of drug-likeness (QED) is 0.800. The highest BCUT2D eigenvalue weighted by Gasteiger charge is 2.21.